The van der Waals surface area contributed by atoms with Crippen molar-refractivity contribution >= 4 is 23.5 Å². The summed E-state index contributed by atoms with van der Waals surface area (Å²) in [5.41, 5.74) is -0.680. The monoisotopic (exact) mass is 348 g/mol. The van der Waals surface area contributed by atoms with Gasteiger partial charge in [0.15, 0.2) is 0 Å². The molecule has 0 aromatic heterocycles. The van der Waals surface area contributed by atoms with Crippen LogP contribution in [-0.2, 0) is 19.1 Å². The number of benzene rings is 1. The molecular formula is C18H24N2O5. The van der Waals surface area contributed by atoms with Crippen LogP contribution in [0.1, 0.15) is 31.1 Å². The van der Waals surface area contributed by atoms with Crippen molar-refractivity contribution in [3.63, 3.8) is 0 Å². The molecule has 2 rings (SSSR count). The second-order valence-electron chi connectivity index (χ2n) is 6.25. The number of nitrogens with one attached hydrogen (secondary N) is 1. The Morgan fingerprint density at radius 2 is 1.84 bits per heavy atom. The first-order valence-electron chi connectivity index (χ1n) is 8.32. The van der Waals surface area contributed by atoms with E-state index in [-0.39, 0.29) is 18.1 Å². The number of hydrogen-bond donors (Lipinski definition) is 1. The number of amides is 2. The van der Waals surface area contributed by atoms with E-state index in [0.717, 1.165) is 0 Å². The molecule has 25 heavy (non-hydrogen) atoms. The number of esters is 1. The summed E-state index contributed by atoms with van der Waals surface area (Å²) in [4.78, 5) is 39.0. The standard InChI is InChI=1S/C18H24N2O5/c1-4-25-15(21)13-7-5-6-8-14(13)19-16(22)18(2,3)17(23)20-9-11-24-12-10-20/h5-8H,4,9-12H2,1-3H3,(H,19,22). The van der Waals surface area contributed by atoms with Gasteiger partial charge in [-0.15, -0.1) is 0 Å². The second kappa shape index (κ2) is 8.11. The second-order valence-corrected chi connectivity index (χ2v) is 6.25. The van der Waals surface area contributed by atoms with Gasteiger partial charge < -0.3 is 19.7 Å². The molecule has 1 heterocycles. The third-order valence-corrected chi connectivity index (χ3v) is 4.07. The lowest BCUT2D eigenvalue weighted by Gasteiger charge is -2.33. The molecule has 1 fully saturated rings. The van der Waals surface area contributed by atoms with Crippen LogP contribution in [0.5, 0.6) is 0 Å². The molecule has 1 aliphatic heterocycles. The minimum absolute atomic E-state index is 0.238. The Labute approximate surface area is 147 Å². The van der Waals surface area contributed by atoms with E-state index in [1.807, 2.05) is 0 Å². The number of carbonyl (C=O) groups is 3. The lowest BCUT2D eigenvalue weighted by atomic mass is 9.89. The molecule has 0 atom stereocenters. The van der Waals surface area contributed by atoms with Crippen LogP contribution in [0.3, 0.4) is 0 Å². The van der Waals surface area contributed by atoms with Crippen molar-refractivity contribution in [3.8, 4) is 0 Å². The fourth-order valence-corrected chi connectivity index (χ4v) is 2.52. The van der Waals surface area contributed by atoms with Crippen LogP contribution >= 0.6 is 0 Å². The van der Waals surface area contributed by atoms with Gasteiger partial charge in [-0.05, 0) is 32.9 Å². The predicted molar refractivity (Wildman–Crippen MR) is 92.2 cm³/mol. The van der Waals surface area contributed by atoms with E-state index < -0.39 is 17.3 Å². The summed E-state index contributed by atoms with van der Waals surface area (Å²) in [6, 6.07) is 6.57. The van der Waals surface area contributed by atoms with E-state index in [9.17, 15) is 14.4 Å². The lowest BCUT2D eigenvalue weighted by Crippen LogP contribution is -2.51. The van der Waals surface area contributed by atoms with Crippen molar-refractivity contribution in [1.82, 2.24) is 4.90 Å². The first-order chi connectivity index (χ1) is 11.9. The highest BCUT2D eigenvalue weighted by atomic mass is 16.5. The number of para-hydroxylation sites is 1. The molecule has 0 radical (unpaired) electrons. The maximum absolute atomic E-state index is 12.7. The number of hydrogen-bond acceptors (Lipinski definition) is 5. The van der Waals surface area contributed by atoms with E-state index >= 15 is 0 Å². The Morgan fingerprint density at radius 1 is 1.20 bits per heavy atom. The molecule has 0 bridgehead atoms. The Kier molecular flexibility index (Phi) is 6.14. The number of anilines is 1. The zero-order valence-electron chi connectivity index (χ0n) is 14.8. The van der Waals surface area contributed by atoms with Crippen LogP contribution in [0.4, 0.5) is 5.69 Å². The van der Waals surface area contributed by atoms with Crippen molar-refractivity contribution in [2.24, 2.45) is 5.41 Å². The van der Waals surface area contributed by atoms with Gasteiger partial charge in [0, 0.05) is 13.1 Å². The van der Waals surface area contributed by atoms with Gasteiger partial charge in [0.1, 0.15) is 5.41 Å². The Bertz CT molecular complexity index is 651. The smallest absolute Gasteiger partial charge is 0.340 e. The van der Waals surface area contributed by atoms with Gasteiger partial charge in [-0.2, -0.15) is 0 Å². The third kappa shape index (κ3) is 4.36. The number of morpholine rings is 1. The molecule has 7 heteroatoms. The minimum atomic E-state index is -1.26. The molecule has 1 N–H and O–H groups in total. The Balaban J connectivity index is 2.15. The minimum Gasteiger partial charge on any atom is -0.462 e. The molecule has 1 aliphatic rings. The Hall–Kier alpha value is -2.41. The highest BCUT2D eigenvalue weighted by Crippen LogP contribution is 2.24. The van der Waals surface area contributed by atoms with Crippen LogP contribution in [0.15, 0.2) is 24.3 Å². The van der Waals surface area contributed by atoms with Crippen LogP contribution < -0.4 is 5.32 Å². The van der Waals surface area contributed by atoms with Crippen molar-refractivity contribution in [2.45, 2.75) is 20.8 Å². The molecule has 1 saturated heterocycles. The summed E-state index contributed by atoms with van der Waals surface area (Å²) < 4.78 is 10.2. The van der Waals surface area contributed by atoms with E-state index in [0.29, 0.717) is 32.0 Å². The molecule has 136 valence electrons. The molecule has 0 saturated carbocycles. The quantitative estimate of drug-likeness (QED) is 0.646. The molecular weight excluding hydrogens is 324 g/mol. The van der Waals surface area contributed by atoms with E-state index in [4.69, 9.17) is 9.47 Å². The first-order valence-corrected chi connectivity index (χ1v) is 8.32. The number of ether oxygens (including phenoxy) is 2. The van der Waals surface area contributed by atoms with Crippen LogP contribution in [0.2, 0.25) is 0 Å². The summed E-state index contributed by atoms with van der Waals surface area (Å²) in [7, 11) is 0. The number of carbonyl (C=O) groups excluding carboxylic acids is 3. The van der Waals surface area contributed by atoms with Crippen LogP contribution in [-0.4, -0.2) is 55.6 Å². The van der Waals surface area contributed by atoms with Gasteiger partial charge >= 0.3 is 5.97 Å². The first kappa shape index (κ1) is 18.9. The molecule has 1 aromatic rings. The zero-order chi connectivity index (χ0) is 18.4. The largest absolute Gasteiger partial charge is 0.462 e. The van der Waals surface area contributed by atoms with Crippen LogP contribution in [0.25, 0.3) is 0 Å². The average Bonchev–Trinajstić information content (AvgIpc) is 2.62. The third-order valence-electron chi connectivity index (χ3n) is 4.07. The van der Waals surface area contributed by atoms with Gasteiger partial charge in [-0.25, -0.2) is 4.79 Å². The Morgan fingerprint density at radius 3 is 2.48 bits per heavy atom. The molecule has 0 spiro atoms. The zero-order valence-corrected chi connectivity index (χ0v) is 14.8. The van der Waals surface area contributed by atoms with Crippen molar-refractivity contribution in [3.05, 3.63) is 29.8 Å². The lowest BCUT2D eigenvalue weighted by molar-refractivity contribution is -0.149. The SMILES string of the molecule is CCOC(=O)c1ccccc1NC(=O)C(C)(C)C(=O)N1CCOCC1. The predicted octanol–water partition coefficient (Wildman–Crippen LogP) is 1.69. The van der Waals surface area contributed by atoms with Crippen molar-refractivity contribution in [2.75, 3.05) is 38.2 Å². The molecule has 7 nitrogen and oxygen atoms in total. The summed E-state index contributed by atoms with van der Waals surface area (Å²) in [5, 5.41) is 2.69. The van der Waals surface area contributed by atoms with E-state index in [2.05, 4.69) is 5.32 Å². The summed E-state index contributed by atoms with van der Waals surface area (Å²) in [5.74, 6) is -1.25. The molecule has 2 amide bonds. The van der Waals surface area contributed by atoms with Crippen LogP contribution in [0, 0.1) is 5.41 Å². The van der Waals surface area contributed by atoms with Crippen molar-refractivity contribution in [1.29, 1.82) is 0 Å². The van der Waals surface area contributed by atoms with E-state index in [1.54, 1.807) is 49.9 Å². The highest BCUT2D eigenvalue weighted by molar-refractivity contribution is 6.11. The van der Waals surface area contributed by atoms with Gasteiger partial charge in [0.2, 0.25) is 11.8 Å². The maximum Gasteiger partial charge on any atom is 0.340 e. The number of rotatable bonds is 5. The van der Waals surface area contributed by atoms with Gasteiger partial charge in [0.05, 0.1) is 31.1 Å². The maximum atomic E-state index is 12.7. The molecule has 1 aromatic carbocycles. The average molecular weight is 348 g/mol. The highest BCUT2D eigenvalue weighted by Gasteiger charge is 2.40. The fourth-order valence-electron chi connectivity index (χ4n) is 2.52. The summed E-state index contributed by atoms with van der Waals surface area (Å²) in [6.45, 7) is 6.97. The normalized spacial score (nSPS) is 14.8. The summed E-state index contributed by atoms with van der Waals surface area (Å²) in [6.07, 6.45) is 0. The number of nitrogens with zero attached hydrogens (tertiary/aromatic N) is 1. The fraction of sp³-hybridized carbons (Fsp3) is 0.500. The molecule has 0 unspecified atom stereocenters. The van der Waals surface area contributed by atoms with Gasteiger partial charge in [-0.1, -0.05) is 12.1 Å². The van der Waals surface area contributed by atoms with Gasteiger partial charge in [-0.3, -0.25) is 9.59 Å². The van der Waals surface area contributed by atoms with Gasteiger partial charge in [0.25, 0.3) is 0 Å². The van der Waals surface area contributed by atoms with Crippen molar-refractivity contribution < 1.29 is 23.9 Å². The topological polar surface area (TPSA) is 84.9 Å². The van der Waals surface area contributed by atoms with E-state index in [1.165, 1.54) is 0 Å². The summed E-state index contributed by atoms with van der Waals surface area (Å²) >= 11 is 0. The molecule has 0 aliphatic carbocycles.